The van der Waals surface area contributed by atoms with Gasteiger partial charge in [-0.2, -0.15) is 13.2 Å². The third-order valence-electron chi connectivity index (χ3n) is 6.66. The first-order valence-corrected chi connectivity index (χ1v) is 12.9. The number of halogens is 3. The van der Waals surface area contributed by atoms with Crippen LogP contribution < -0.4 is 10.2 Å². The fraction of sp³-hybridized carbons (Fsp3) is 0.333. The molecular formula is C27H27F3N4OS. The van der Waals surface area contributed by atoms with Gasteiger partial charge >= 0.3 is 12.2 Å². The largest absolute Gasteiger partial charge is 0.416 e. The van der Waals surface area contributed by atoms with Gasteiger partial charge in [0.15, 0.2) is 0 Å². The van der Waals surface area contributed by atoms with Gasteiger partial charge in [-0.05, 0) is 55.3 Å². The Balaban J connectivity index is 1.24. The van der Waals surface area contributed by atoms with Crippen LogP contribution >= 0.6 is 11.8 Å². The highest BCUT2D eigenvalue weighted by molar-refractivity contribution is 7.99. The molecule has 0 unspecified atom stereocenters. The zero-order valence-electron chi connectivity index (χ0n) is 19.6. The van der Waals surface area contributed by atoms with Crippen LogP contribution in [-0.2, 0) is 6.18 Å². The number of benzene rings is 2. The summed E-state index contributed by atoms with van der Waals surface area (Å²) in [6, 6.07) is 20.8. The van der Waals surface area contributed by atoms with Gasteiger partial charge in [0.25, 0.3) is 0 Å². The van der Waals surface area contributed by atoms with Crippen molar-refractivity contribution in [2.24, 2.45) is 0 Å². The minimum Gasteiger partial charge on any atom is -0.362 e. The van der Waals surface area contributed by atoms with Gasteiger partial charge < -0.3 is 9.80 Å². The molecule has 1 aromatic heterocycles. The minimum absolute atomic E-state index is 0.0183. The molecule has 9 heteroatoms. The lowest BCUT2D eigenvalue weighted by Gasteiger charge is -2.48. The topological polar surface area (TPSA) is 48.5 Å². The summed E-state index contributed by atoms with van der Waals surface area (Å²) in [5, 5.41) is 3.64. The molecule has 2 aromatic carbocycles. The van der Waals surface area contributed by atoms with Gasteiger partial charge in [-0.3, -0.25) is 5.32 Å². The van der Waals surface area contributed by atoms with Crippen LogP contribution in [0.3, 0.4) is 0 Å². The number of carbonyl (C=O) groups excluding carboxylic acids is 1. The Bertz CT molecular complexity index is 1190. The molecule has 188 valence electrons. The van der Waals surface area contributed by atoms with E-state index < -0.39 is 11.7 Å². The highest BCUT2D eigenvalue weighted by Crippen LogP contribution is 2.37. The van der Waals surface area contributed by atoms with E-state index in [4.69, 9.17) is 0 Å². The molecule has 1 N–H and O–H groups in total. The molecule has 2 aliphatic rings. The van der Waals surface area contributed by atoms with Crippen LogP contribution in [0, 0.1) is 0 Å². The number of nitrogens with zero attached hydrogens (tertiary/aromatic N) is 3. The molecule has 36 heavy (non-hydrogen) atoms. The number of rotatable bonds is 6. The number of likely N-dealkylation sites (tertiary alicyclic amines) is 1. The molecule has 2 amide bonds. The molecule has 5 rings (SSSR count). The molecule has 1 saturated heterocycles. The van der Waals surface area contributed by atoms with Gasteiger partial charge in [0.1, 0.15) is 10.8 Å². The summed E-state index contributed by atoms with van der Waals surface area (Å²) in [5.74, 6) is 0.468. The quantitative estimate of drug-likeness (QED) is 0.390. The molecule has 5 nitrogen and oxygen atoms in total. The SMILES string of the molecule is O=C(Nc1cccc(Sc2ccccc2)n1)N1CC(N(c2cccc(C(F)(F)F)c2)C2CCCC2)C1. The second-order valence-electron chi connectivity index (χ2n) is 9.16. The van der Waals surface area contributed by atoms with Crippen LogP contribution in [-0.4, -0.2) is 41.1 Å². The lowest BCUT2D eigenvalue weighted by Crippen LogP contribution is -2.64. The zero-order chi connectivity index (χ0) is 25.1. The Morgan fingerprint density at radius 2 is 1.67 bits per heavy atom. The molecule has 3 aromatic rings. The van der Waals surface area contributed by atoms with Crippen LogP contribution in [0.4, 0.5) is 29.5 Å². The molecule has 2 fully saturated rings. The van der Waals surface area contributed by atoms with Gasteiger partial charge in [-0.1, -0.05) is 54.9 Å². The highest BCUT2D eigenvalue weighted by Gasteiger charge is 2.40. The summed E-state index contributed by atoms with van der Waals surface area (Å²) in [6.07, 6.45) is -0.340. The monoisotopic (exact) mass is 512 g/mol. The number of hydrogen-bond donors (Lipinski definition) is 1. The number of carbonyl (C=O) groups is 1. The lowest BCUT2D eigenvalue weighted by atomic mass is 10.0. The fourth-order valence-corrected chi connectivity index (χ4v) is 5.71. The van der Waals surface area contributed by atoms with Crippen molar-refractivity contribution in [1.82, 2.24) is 9.88 Å². The molecular weight excluding hydrogens is 485 g/mol. The Morgan fingerprint density at radius 3 is 2.39 bits per heavy atom. The van der Waals surface area contributed by atoms with Crippen LogP contribution in [0.5, 0.6) is 0 Å². The van der Waals surface area contributed by atoms with Crippen molar-refractivity contribution < 1.29 is 18.0 Å². The standard InChI is InChI=1S/C27H27F3N4OS/c28-27(29,30)19-8-6-11-21(16-19)34(20-9-4-5-10-20)22-17-33(18-22)26(35)32-24-14-7-15-25(31-24)36-23-12-2-1-3-13-23/h1-3,6-8,11-16,20,22H,4-5,9-10,17-18H2,(H,31,32,35). The van der Waals surface area contributed by atoms with Gasteiger partial charge in [-0.25, -0.2) is 9.78 Å². The van der Waals surface area contributed by atoms with E-state index in [0.717, 1.165) is 41.7 Å². The molecule has 0 spiro atoms. The normalized spacial score (nSPS) is 16.6. The molecule has 0 radical (unpaired) electrons. The average molecular weight is 513 g/mol. The molecule has 2 heterocycles. The second kappa shape index (κ2) is 10.4. The smallest absolute Gasteiger partial charge is 0.362 e. The van der Waals surface area contributed by atoms with Gasteiger partial charge in [0.2, 0.25) is 0 Å². The predicted octanol–water partition coefficient (Wildman–Crippen LogP) is 6.92. The van der Waals surface area contributed by atoms with Crippen molar-refractivity contribution >= 4 is 29.3 Å². The predicted molar refractivity (Wildman–Crippen MR) is 135 cm³/mol. The van der Waals surface area contributed by atoms with E-state index in [9.17, 15) is 18.0 Å². The first-order chi connectivity index (χ1) is 17.4. The van der Waals surface area contributed by atoms with Crippen molar-refractivity contribution in [3.63, 3.8) is 0 Å². The van der Waals surface area contributed by atoms with Crippen LogP contribution in [0.15, 0.2) is 82.7 Å². The number of urea groups is 1. The van der Waals surface area contributed by atoms with E-state index in [0.29, 0.717) is 24.6 Å². The van der Waals surface area contributed by atoms with Crippen molar-refractivity contribution in [2.75, 3.05) is 23.3 Å². The second-order valence-corrected chi connectivity index (χ2v) is 10.3. The van der Waals surface area contributed by atoms with E-state index in [-0.39, 0.29) is 18.1 Å². The van der Waals surface area contributed by atoms with Crippen molar-refractivity contribution in [1.29, 1.82) is 0 Å². The lowest BCUT2D eigenvalue weighted by molar-refractivity contribution is -0.137. The number of nitrogens with one attached hydrogen (secondary N) is 1. The summed E-state index contributed by atoms with van der Waals surface area (Å²) < 4.78 is 40.0. The number of amides is 2. The van der Waals surface area contributed by atoms with Crippen molar-refractivity contribution in [2.45, 2.75) is 53.9 Å². The summed E-state index contributed by atoms with van der Waals surface area (Å²) in [4.78, 5) is 22.3. The summed E-state index contributed by atoms with van der Waals surface area (Å²) in [7, 11) is 0. The molecule has 0 bridgehead atoms. The Kier molecular flexibility index (Phi) is 7.09. The summed E-state index contributed by atoms with van der Waals surface area (Å²) >= 11 is 1.51. The number of hydrogen-bond acceptors (Lipinski definition) is 4. The highest BCUT2D eigenvalue weighted by atomic mass is 32.2. The van der Waals surface area contributed by atoms with Crippen LogP contribution in [0.25, 0.3) is 0 Å². The maximum absolute atomic E-state index is 13.3. The number of aromatic nitrogens is 1. The van der Waals surface area contributed by atoms with Gasteiger partial charge in [0, 0.05) is 29.7 Å². The van der Waals surface area contributed by atoms with E-state index in [1.807, 2.05) is 42.5 Å². The van der Waals surface area contributed by atoms with Crippen molar-refractivity contribution in [3.05, 3.63) is 78.4 Å². The molecule has 1 aliphatic heterocycles. The van der Waals surface area contributed by atoms with E-state index >= 15 is 0 Å². The van der Waals surface area contributed by atoms with E-state index in [1.165, 1.54) is 23.9 Å². The number of pyridine rings is 1. The number of alkyl halides is 3. The molecule has 1 aliphatic carbocycles. The zero-order valence-corrected chi connectivity index (χ0v) is 20.4. The third kappa shape index (κ3) is 5.61. The van der Waals surface area contributed by atoms with Gasteiger partial charge in [0.05, 0.1) is 11.6 Å². The maximum Gasteiger partial charge on any atom is 0.416 e. The average Bonchev–Trinajstić information content (AvgIpc) is 3.36. The molecule has 1 saturated carbocycles. The van der Waals surface area contributed by atoms with E-state index in [1.54, 1.807) is 17.0 Å². The molecule has 0 atom stereocenters. The van der Waals surface area contributed by atoms with Gasteiger partial charge in [-0.15, -0.1) is 0 Å². The van der Waals surface area contributed by atoms with Crippen molar-refractivity contribution in [3.8, 4) is 0 Å². The minimum atomic E-state index is -4.39. The number of anilines is 2. The first kappa shape index (κ1) is 24.5. The maximum atomic E-state index is 13.3. The fourth-order valence-electron chi connectivity index (χ4n) is 4.88. The third-order valence-corrected chi connectivity index (χ3v) is 7.60. The van der Waals surface area contributed by atoms with E-state index in [2.05, 4.69) is 15.2 Å². The first-order valence-electron chi connectivity index (χ1n) is 12.1. The Morgan fingerprint density at radius 1 is 0.944 bits per heavy atom. The Labute approximate surface area is 212 Å². The summed E-state index contributed by atoms with van der Waals surface area (Å²) in [6.45, 7) is 0.911. The summed E-state index contributed by atoms with van der Waals surface area (Å²) in [5.41, 5.74) is -0.0645. The van der Waals surface area contributed by atoms with Crippen LogP contribution in [0.1, 0.15) is 31.2 Å². The van der Waals surface area contributed by atoms with Crippen LogP contribution in [0.2, 0.25) is 0 Å². The Hall–Kier alpha value is -3.20.